The summed E-state index contributed by atoms with van der Waals surface area (Å²) < 4.78 is 11.8. The van der Waals surface area contributed by atoms with Gasteiger partial charge in [0.2, 0.25) is 0 Å². The van der Waals surface area contributed by atoms with Crippen LogP contribution in [-0.2, 0) is 6.42 Å². The number of halogens is 1. The molecule has 0 aromatic heterocycles. The van der Waals surface area contributed by atoms with Crippen LogP contribution in [0.5, 0.6) is 11.5 Å². The Morgan fingerprint density at radius 3 is 2.52 bits per heavy atom. The molecule has 27 heavy (non-hydrogen) atoms. The normalized spacial score (nSPS) is 18.7. The first-order valence-corrected chi connectivity index (χ1v) is 9.87. The lowest BCUT2D eigenvalue weighted by Gasteiger charge is -2.13. The highest BCUT2D eigenvalue weighted by atomic mass is 79.9. The van der Waals surface area contributed by atoms with Gasteiger partial charge in [0.15, 0.2) is 17.5 Å². The number of nitrogens with zero attached hydrogens (tertiary/aromatic N) is 1. The molecular weight excluding hydrogens is 406 g/mol. The van der Waals surface area contributed by atoms with E-state index in [0.29, 0.717) is 12.0 Å². The zero-order valence-corrected chi connectivity index (χ0v) is 17.5. The van der Waals surface area contributed by atoms with Gasteiger partial charge in [-0.1, -0.05) is 34.1 Å². The fourth-order valence-corrected chi connectivity index (χ4v) is 3.43. The predicted octanol–water partition coefficient (Wildman–Crippen LogP) is 3.73. The number of nitrogens with one attached hydrogen (secondary N) is 2. The first-order chi connectivity index (χ1) is 13.1. The summed E-state index contributed by atoms with van der Waals surface area (Å²) in [4.78, 5) is 4.34. The molecule has 1 aliphatic rings. The summed E-state index contributed by atoms with van der Waals surface area (Å²) in [6.45, 7) is 0.796. The molecule has 2 unspecified atom stereocenters. The maximum atomic E-state index is 5.36. The summed E-state index contributed by atoms with van der Waals surface area (Å²) in [7, 11) is 5.11. The van der Waals surface area contributed by atoms with Crippen molar-refractivity contribution in [3.05, 3.63) is 58.1 Å². The maximum Gasteiger partial charge on any atom is 0.191 e. The van der Waals surface area contributed by atoms with E-state index in [9.17, 15) is 0 Å². The van der Waals surface area contributed by atoms with Crippen LogP contribution in [0.25, 0.3) is 0 Å². The molecule has 3 rings (SSSR count). The summed E-state index contributed by atoms with van der Waals surface area (Å²) >= 11 is 3.49. The molecule has 2 aromatic rings. The molecule has 0 heterocycles. The highest BCUT2D eigenvalue weighted by Gasteiger charge is 2.38. The standard InChI is InChI=1S/C21H26BrN3O2/c1-23-21(25-18-13-17(18)15-5-7-16(22)8-6-15)24-11-10-14-4-9-19(26-2)20(12-14)27-3/h4-9,12,17-18H,10-11,13H2,1-3H3,(H2,23,24,25). The summed E-state index contributed by atoms with van der Waals surface area (Å²) in [6, 6.07) is 15.0. The van der Waals surface area contributed by atoms with Crippen molar-refractivity contribution in [3.8, 4) is 11.5 Å². The monoisotopic (exact) mass is 431 g/mol. The zero-order valence-electron chi connectivity index (χ0n) is 16.0. The van der Waals surface area contributed by atoms with Crippen LogP contribution in [-0.4, -0.2) is 39.8 Å². The molecule has 0 amide bonds. The average molecular weight is 432 g/mol. The minimum Gasteiger partial charge on any atom is -0.493 e. The smallest absolute Gasteiger partial charge is 0.191 e. The molecule has 2 N–H and O–H groups in total. The molecule has 2 aromatic carbocycles. The molecule has 0 saturated heterocycles. The molecule has 2 atom stereocenters. The van der Waals surface area contributed by atoms with Gasteiger partial charge in [-0.15, -0.1) is 0 Å². The van der Waals surface area contributed by atoms with Crippen molar-refractivity contribution in [3.63, 3.8) is 0 Å². The van der Waals surface area contributed by atoms with Crippen molar-refractivity contribution in [1.29, 1.82) is 0 Å². The Balaban J connectivity index is 1.47. The van der Waals surface area contributed by atoms with Gasteiger partial charge in [0, 0.05) is 30.0 Å². The van der Waals surface area contributed by atoms with Gasteiger partial charge >= 0.3 is 0 Å². The topological polar surface area (TPSA) is 54.9 Å². The second-order valence-electron chi connectivity index (χ2n) is 6.58. The lowest BCUT2D eigenvalue weighted by atomic mass is 10.1. The quantitative estimate of drug-likeness (QED) is 0.517. The van der Waals surface area contributed by atoms with Crippen LogP contribution in [0.4, 0.5) is 0 Å². The number of rotatable bonds is 7. The van der Waals surface area contributed by atoms with E-state index < -0.39 is 0 Å². The fourth-order valence-electron chi connectivity index (χ4n) is 3.16. The Morgan fingerprint density at radius 2 is 1.85 bits per heavy atom. The number of benzene rings is 2. The minimum atomic E-state index is 0.443. The molecule has 1 aliphatic carbocycles. The van der Waals surface area contributed by atoms with Crippen LogP contribution in [0.3, 0.4) is 0 Å². The molecule has 5 nitrogen and oxygen atoms in total. The summed E-state index contributed by atoms with van der Waals surface area (Å²) in [5, 5.41) is 6.91. The van der Waals surface area contributed by atoms with Gasteiger partial charge in [-0.05, 0) is 48.2 Å². The second kappa shape index (κ2) is 9.13. The fraction of sp³-hybridized carbons (Fsp3) is 0.381. The van der Waals surface area contributed by atoms with Crippen LogP contribution >= 0.6 is 15.9 Å². The van der Waals surface area contributed by atoms with Crippen molar-refractivity contribution in [2.45, 2.75) is 24.8 Å². The Morgan fingerprint density at radius 1 is 1.11 bits per heavy atom. The Bertz CT molecular complexity index is 793. The highest BCUT2D eigenvalue weighted by Crippen LogP contribution is 2.41. The first kappa shape index (κ1) is 19.5. The molecule has 1 saturated carbocycles. The summed E-state index contributed by atoms with van der Waals surface area (Å²) in [5.74, 6) is 2.91. The third kappa shape index (κ3) is 5.16. The molecular formula is C21H26BrN3O2. The van der Waals surface area contributed by atoms with Crippen molar-refractivity contribution < 1.29 is 9.47 Å². The first-order valence-electron chi connectivity index (χ1n) is 9.08. The molecule has 0 bridgehead atoms. The molecule has 0 radical (unpaired) electrons. The van der Waals surface area contributed by atoms with E-state index in [-0.39, 0.29) is 0 Å². The van der Waals surface area contributed by atoms with Crippen molar-refractivity contribution >= 4 is 21.9 Å². The second-order valence-corrected chi connectivity index (χ2v) is 7.50. The van der Waals surface area contributed by atoms with Crippen LogP contribution in [0.1, 0.15) is 23.5 Å². The lowest BCUT2D eigenvalue weighted by Crippen LogP contribution is -2.39. The van der Waals surface area contributed by atoms with E-state index in [2.05, 4.69) is 61.9 Å². The molecule has 6 heteroatoms. The average Bonchev–Trinajstić information content (AvgIpc) is 3.46. The van der Waals surface area contributed by atoms with Crippen molar-refractivity contribution in [2.24, 2.45) is 4.99 Å². The van der Waals surface area contributed by atoms with Gasteiger partial charge in [0.1, 0.15) is 0 Å². The van der Waals surface area contributed by atoms with E-state index in [0.717, 1.165) is 41.3 Å². The Labute approximate surface area is 169 Å². The third-order valence-electron chi connectivity index (χ3n) is 4.79. The molecule has 144 valence electrons. The van der Waals surface area contributed by atoms with Gasteiger partial charge in [-0.2, -0.15) is 0 Å². The van der Waals surface area contributed by atoms with Gasteiger partial charge in [0.25, 0.3) is 0 Å². The predicted molar refractivity (Wildman–Crippen MR) is 113 cm³/mol. The van der Waals surface area contributed by atoms with E-state index >= 15 is 0 Å². The van der Waals surface area contributed by atoms with E-state index in [4.69, 9.17) is 9.47 Å². The van der Waals surface area contributed by atoms with E-state index in [1.54, 1.807) is 14.2 Å². The van der Waals surface area contributed by atoms with Crippen LogP contribution in [0, 0.1) is 0 Å². The Kier molecular flexibility index (Phi) is 6.61. The number of guanidine groups is 1. The molecule has 0 aliphatic heterocycles. The summed E-state index contributed by atoms with van der Waals surface area (Å²) in [6.07, 6.45) is 2.01. The van der Waals surface area contributed by atoms with Crippen LogP contribution < -0.4 is 20.1 Å². The van der Waals surface area contributed by atoms with Crippen molar-refractivity contribution in [1.82, 2.24) is 10.6 Å². The number of hydrogen-bond acceptors (Lipinski definition) is 3. The number of ether oxygens (including phenoxy) is 2. The maximum absolute atomic E-state index is 5.36. The van der Waals surface area contributed by atoms with E-state index in [1.807, 2.05) is 19.2 Å². The lowest BCUT2D eigenvalue weighted by molar-refractivity contribution is 0.354. The minimum absolute atomic E-state index is 0.443. The number of aliphatic imine (C=N–C) groups is 1. The van der Waals surface area contributed by atoms with Gasteiger partial charge in [-0.25, -0.2) is 0 Å². The zero-order chi connectivity index (χ0) is 19.2. The Hall–Kier alpha value is -2.21. The number of hydrogen-bond donors (Lipinski definition) is 2. The highest BCUT2D eigenvalue weighted by molar-refractivity contribution is 9.10. The van der Waals surface area contributed by atoms with Gasteiger partial charge in [-0.3, -0.25) is 4.99 Å². The van der Waals surface area contributed by atoms with E-state index in [1.165, 1.54) is 11.1 Å². The van der Waals surface area contributed by atoms with Crippen LogP contribution in [0.2, 0.25) is 0 Å². The van der Waals surface area contributed by atoms with Gasteiger partial charge < -0.3 is 20.1 Å². The molecule has 1 fully saturated rings. The number of methoxy groups -OCH3 is 2. The van der Waals surface area contributed by atoms with Crippen molar-refractivity contribution in [2.75, 3.05) is 27.8 Å². The summed E-state index contributed by atoms with van der Waals surface area (Å²) in [5.41, 5.74) is 2.56. The van der Waals surface area contributed by atoms with Crippen LogP contribution in [0.15, 0.2) is 51.9 Å². The SMILES string of the molecule is CN=C(NCCc1ccc(OC)c(OC)c1)NC1CC1c1ccc(Br)cc1. The third-order valence-corrected chi connectivity index (χ3v) is 5.32. The largest absolute Gasteiger partial charge is 0.493 e. The van der Waals surface area contributed by atoms with Gasteiger partial charge in [0.05, 0.1) is 14.2 Å². The molecule has 0 spiro atoms.